The lowest BCUT2D eigenvalue weighted by Gasteiger charge is -2.29. The summed E-state index contributed by atoms with van der Waals surface area (Å²) in [5.41, 5.74) is -1.51. The SMILES string of the molecule is CC1c2cc(c(OC(=O)OCc3ccccc3)cc2OC(=O)OCc2ccccc2)C(C)c2cc(c(OC(=O)OC(C)(C)C)cc2OC(=O)OC(C)(C)C)C(C)c2cc(c(OC(=O)OCc3ccccc3)cc2OC(=O)OCc2ccccc2)C(C)c2cc1c(OC(=O)OC(C)(C)C)cc2OC(=O)OC(C)(C)C. The first-order valence-corrected chi connectivity index (χ1v) is 34.8. The molecular weight excluding hydrogens is 1390 g/mol. The number of hydrogen-bond donors (Lipinski definition) is 0. The molecule has 0 fully saturated rings. The molecule has 4 unspecified atom stereocenters. The van der Waals surface area contributed by atoms with Gasteiger partial charge in [0, 0.05) is 92.4 Å². The third-order valence-electron chi connectivity index (χ3n) is 16.2. The van der Waals surface area contributed by atoms with E-state index >= 15 is 0 Å². The number of hydrogen-bond acceptors (Lipinski definition) is 24. The number of benzene rings is 8. The summed E-state index contributed by atoms with van der Waals surface area (Å²) in [5.74, 6) is -7.19. The molecule has 24 nitrogen and oxygen atoms in total. The van der Waals surface area contributed by atoms with Crippen LogP contribution in [0.1, 0.15) is 201 Å². The molecule has 0 radical (unpaired) electrons. The quantitative estimate of drug-likeness (QED) is 0.0493. The van der Waals surface area contributed by atoms with E-state index in [2.05, 4.69) is 0 Å². The molecule has 0 aliphatic heterocycles. The van der Waals surface area contributed by atoms with Crippen LogP contribution in [0.5, 0.6) is 46.0 Å². The summed E-state index contributed by atoms with van der Waals surface area (Å²) >= 11 is 0. The van der Waals surface area contributed by atoms with Crippen molar-refractivity contribution < 1.29 is 114 Å². The number of fused-ring (bicyclic) bond motifs is 8. The highest BCUT2D eigenvalue weighted by Crippen LogP contribution is 2.52. The second-order valence-electron chi connectivity index (χ2n) is 29.4. The molecule has 4 atom stereocenters. The summed E-state index contributed by atoms with van der Waals surface area (Å²) < 4.78 is 95.6. The van der Waals surface area contributed by atoms with Crippen LogP contribution in [0.25, 0.3) is 0 Å². The molecule has 0 aromatic heterocycles. The van der Waals surface area contributed by atoms with Gasteiger partial charge in [-0.1, -0.05) is 149 Å². The molecule has 0 saturated carbocycles. The minimum Gasteiger partial charge on any atom is -0.429 e. The van der Waals surface area contributed by atoms with Crippen LogP contribution in [-0.4, -0.2) is 71.6 Å². The van der Waals surface area contributed by atoms with Crippen molar-refractivity contribution in [2.45, 2.75) is 183 Å². The first kappa shape index (κ1) is 80.0. The van der Waals surface area contributed by atoms with Gasteiger partial charge in [-0.15, -0.1) is 0 Å². The minimum absolute atomic E-state index is 0.0836. The van der Waals surface area contributed by atoms with Crippen LogP contribution >= 0.6 is 0 Å². The summed E-state index contributed by atoms with van der Waals surface area (Å²) in [7, 11) is 0. The van der Waals surface area contributed by atoms with E-state index in [-0.39, 0.29) is 117 Å². The summed E-state index contributed by atoms with van der Waals surface area (Å²) in [5, 5.41) is 0. The van der Waals surface area contributed by atoms with Gasteiger partial charge in [0.2, 0.25) is 0 Å². The molecule has 0 heterocycles. The van der Waals surface area contributed by atoms with Gasteiger partial charge >= 0.3 is 49.2 Å². The van der Waals surface area contributed by atoms with E-state index < -0.39 is 95.3 Å². The molecule has 108 heavy (non-hydrogen) atoms. The Bertz CT molecular complexity index is 4000. The fourth-order valence-corrected chi connectivity index (χ4v) is 11.3. The van der Waals surface area contributed by atoms with E-state index in [1.807, 2.05) is 0 Å². The summed E-state index contributed by atoms with van der Waals surface area (Å²) in [6, 6.07) is 46.1. The molecule has 8 aromatic carbocycles. The molecule has 8 bridgehead atoms. The van der Waals surface area contributed by atoms with Crippen molar-refractivity contribution in [1.29, 1.82) is 0 Å². The lowest BCUT2D eigenvalue weighted by Crippen LogP contribution is -2.27. The van der Waals surface area contributed by atoms with Crippen LogP contribution in [-0.2, 0) is 64.3 Å². The van der Waals surface area contributed by atoms with Crippen LogP contribution in [0, 0.1) is 0 Å². The van der Waals surface area contributed by atoms with Crippen molar-refractivity contribution in [3.63, 3.8) is 0 Å². The van der Waals surface area contributed by atoms with Gasteiger partial charge in [-0.05, 0) is 130 Å². The zero-order chi connectivity index (χ0) is 78.4. The molecule has 1 aliphatic rings. The zero-order valence-corrected chi connectivity index (χ0v) is 63.1. The molecule has 568 valence electrons. The van der Waals surface area contributed by atoms with Crippen LogP contribution in [0.15, 0.2) is 170 Å². The molecule has 1 aliphatic carbocycles. The van der Waals surface area contributed by atoms with Crippen molar-refractivity contribution in [1.82, 2.24) is 0 Å². The molecule has 24 heteroatoms. The van der Waals surface area contributed by atoms with Gasteiger partial charge in [-0.25, -0.2) is 38.4 Å². The van der Waals surface area contributed by atoms with Gasteiger partial charge in [0.25, 0.3) is 0 Å². The van der Waals surface area contributed by atoms with Gasteiger partial charge in [0.15, 0.2) is 0 Å². The molecule has 0 spiro atoms. The van der Waals surface area contributed by atoms with E-state index in [4.69, 9.17) is 75.8 Å². The highest BCUT2D eigenvalue weighted by Gasteiger charge is 2.37. The monoisotopic (exact) mass is 1480 g/mol. The number of carbonyl (C=O) groups is 8. The van der Waals surface area contributed by atoms with E-state index in [0.29, 0.717) is 22.3 Å². The molecule has 9 rings (SSSR count). The zero-order valence-electron chi connectivity index (χ0n) is 63.1. The Kier molecular flexibility index (Phi) is 25.5. The van der Waals surface area contributed by atoms with Crippen molar-refractivity contribution in [2.24, 2.45) is 0 Å². The lowest BCUT2D eigenvalue weighted by molar-refractivity contribution is 0.0175. The van der Waals surface area contributed by atoms with Crippen LogP contribution < -0.4 is 37.9 Å². The topological polar surface area (TPSA) is 284 Å². The average Bonchev–Trinajstić information content (AvgIpc) is 0.751. The first-order valence-electron chi connectivity index (χ1n) is 34.8. The molecular formula is C84H88O24. The van der Waals surface area contributed by atoms with Crippen molar-refractivity contribution in [3.8, 4) is 46.0 Å². The normalized spacial score (nSPS) is 14.7. The van der Waals surface area contributed by atoms with Gasteiger partial charge in [-0.3, -0.25) is 0 Å². The predicted octanol–water partition coefficient (Wildman–Crippen LogP) is 20.7. The third kappa shape index (κ3) is 23.0. The van der Waals surface area contributed by atoms with Crippen molar-refractivity contribution >= 4 is 49.2 Å². The largest absolute Gasteiger partial charge is 0.514 e. The Labute approximate surface area is 626 Å². The van der Waals surface area contributed by atoms with Gasteiger partial charge in [0.1, 0.15) is 94.8 Å². The predicted molar refractivity (Wildman–Crippen MR) is 392 cm³/mol. The first-order chi connectivity index (χ1) is 50.9. The lowest BCUT2D eigenvalue weighted by atomic mass is 9.80. The standard InChI is InChI=1S/C84H88O24/c1-49-57-37-58(66(98-74(86)94-46-54-31-23-18-24-32-54)41-65(57)97-73(85)93-45-53-29-21-17-22-30-53)50(2)63-40-64(72(104-80(92)108-84(14,15)16)44-71(63)103-79(91)107-83(11,12)13)52(4)60-38-59(51(3)62-39-61(49)69(101-77(89)105-81(5,6)7)43-70(62)102-78(90)106-82(8,9)10)67(99-75(87)95-47-55-33-25-19-26-34-55)42-68(60)100-76(88)96-48-56-35-27-20-28-36-56/h17-44,49-52H,45-48H2,1-16H3. The summed E-state index contributed by atoms with van der Waals surface area (Å²) in [6.45, 7) is 24.9. The molecule has 0 amide bonds. The Balaban J connectivity index is 1.42. The number of carbonyl (C=O) groups excluding carboxylic acids is 8. The second kappa shape index (κ2) is 34.4. The van der Waals surface area contributed by atoms with Crippen LogP contribution in [0.2, 0.25) is 0 Å². The fraction of sp³-hybridized carbons (Fsp3) is 0.333. The third-order valence-corrected chi connectivity index (χ3v) is 16.2. The van der Waals surface area contributed by atoms with Crippen molar-refractivity contribution in [3.05, 3.63) is 237 Å². The Hall–Kier alpha value is -12.1. The molecule has 8 aromatic rings. The summed E-state index contributed by atoms with van der Waals surface area (Å²) in [6.07, 6.45) is -9.81. The van der Waals surface area contributed by atoms with E-state index in [0.717, 1.165) is 0 Å². The van der Waals surface area contributed by atoms with Crippen LogP contribution in [0.4, 0.5) is 38.4 Å². The molecule has 0 N–H and O–H groups in total. The van der Waals surface area contributed by atoms with E-state index in [1.54, 1.807) is 232 Å². The highest BCUT2D eigenvalue weighted by molar-refractivity contribution is 5.76. The smallest absolute Gasteiger partial charge is 0.429 e. The Morgan fingerprint density at radius 1 is 0.231 bits per heavy atom. The number of rotatable bonds is 16. The Morgan fingerprint density at radius 2 is 0.380 bits per heavy atom. The minimum atomic E-state index is -1.23. The maximum absolute atomic E-state index is 14.4. The summed E-state index contributed by atoms with van der Waals surface area (Å²) in [4.78, 5) is 115. The van der Waals surface area contributed by atoms with E-state index in [9.17, 15) is 38.4 Å². The average molecular weight is 1480 g/mol. The fourth-order valence-electron chi connectivity index (χ4n) is 11.3. The van der Waals surface area contributed by atoms with Gasteiger partial charge < -0.3 is 75.8 Å². The maximum Gasteiger partial charge on any atom is 0.514 e. The van der Waals surface area contributed by atoms with Crippen LogP contribution in [0.3, 0.4) is 0 Å². The highest BCUT2D eigenvalue weighted by atomic mass is 16.8. The Morgan fingerprint density at radius 3 is 0.528 bits per heavy atom. The second-order valence-corrected chi connectivity index (χ2v) is 29.4. The maximum atomic E-state index is 14.4. The van der Waals surface area contributed by atoms with Gasteiger partial charge in [0.05, 0.1) is 0 Å². The number of ether oxygens (including phenoxy) is 16. The molecule has 0 saturated heterocycles. The van der Waals surface area contributed by atoms with Crippen molar-refractivity contribution in [2.75, 3.05) is 0 Å². The van der Waals surface area contributed by atoms with Gasteiger partial charge in [-0.2, -0.15) is 0 Å². The van der Waals surface area contributed by atoms with E-state index in [1.165, 1.54) is 48.5 Å².